The first-order valence-electron chi connectivity index (χ1n) is 6.34. The van der Waals surface area contributed by atoms with Gasteiger partial charge < -0.3 is 0 Å². The number of pyridine rings is 1. The van der Waals surface area contributed by atoms with E-state index in [4.69, 9.17) is 0 Å². The van der Waals surface area contributed by atoms with Crippen LogP contribution in [0.25, 0.3) is 11.0 Å². The van der Waals surface area contributed by atoms with E-state index in [9.17, 15) is 8.42 Å². The van der Waals surface area contributed by atoms with Crippen molar-refractivity contribution in [1.82, 2.24) is 19.5 Å². The monoisotopic (exact) mass is 280 g/mol. The third-order valence-corrected chi connectivity index (χ3v) is 5.77. The fraction of sp³-hybridized carbons (Fsp3) is 0.500. The minimum absolute atomic E-state index is 0.0171. The average molecular weight is 280 g/mol. The highest BCUT2D eigenvalue weighted by atomic mass is 32.2. The fourth-order valence-corrected chi connectivity index (χ4v) is 4.73. The molecule has 1 saturated heterocycles. The summed E-state index contributed by atoms with van der Waals surface area (Å²) in [6.45, 7) is 3.88. The van der Waals surface area contributed by atoms with Crippen molar-refractivity contribution in [2.24, 2.45) is 0 Å². The second-order valence-corrected chi connectivity index (χ2v) is 6.80. The minimum atomic E-state index is -3.57. The molecule has 1 fully saturated rings. The van der Waals surface area contributed by atoms with Crippen LogP contribution >= 0.6 is 0 Å². The summed E-state index contributed by atoms with van der Waals surface area (Å²) >= 11 is 0. The Kier molecular flexibility index (Phi) is 2.83. The molecule has 6 nitrogen and oxygen atoms in total. The van der Waals surface area contributed by atoms with Crippen LogP contribution in [0.1, 0.15) is 26.7 Å². The lowest BCUT2D eigenvalue weighted by Gasteiger charge is -2.24. The van der Waals surface area contributed by atoms with Crippen LogP contribution < -0.4 is 0 Å². The fourth-order valence-electron chi connectivity index (χ4n) is 2.77. The van der Waals surface area contributed by atoms with Crippen LogP contribution in [0, 0.1) is 0 Å². The van der Waals surface area contributed by atoms with E-state index in [1.165, 1.54) is 0 Å². The molecule has 0 spiro atoms. The summed E-state index contributed by atoms with van der Waals surface area (Å²) in [7, 11) is -3.57. The van der Waals surface area contributed by atoms with Crippen molar-refractivity contribution in [3.63, 3.8) is 0 Å². The van der Waals surface area contributed by atoms with Crippen LogP contribution in [-0.4, -0.2) is 40.0 Å². The first kappa shape index (κ1) is 12.6. The second-order valence-electron chi connectivity index (χ2n) is 5.04. The van der Waals surface area contributed by atoms with Gasteiger partial charge in [-0.15, -0.1) is 0 Å². The third-order valence-electron chi connectivity index (χ3n) is 3.69. The number of fused-ring (bicyclic) bond motifs is 1. The molecule has 1 N–H and O–H groups in total. The van der Waals surface area contributed by atoms with Crippen LogP contribution in [0.3, 0.4) is 0 Å². The Labute approximate surface area is 111 Å². The van der Waals surface area contributed by atoms with Crippen molar-refractivity contribution >= 4 is 21.1 Å². The van der Waals surface area contributed by atoms with E-state index in [0.717, 1.165) is 12.8 Å². The van der Waals surface area contributed by atoms with Crippen molar-refractivity contribution in [1.29, 1.82) is 0 Å². The van der Waals surface area contributed by atoms with Crippen LogP contribution in [0.2, 0.25) is 0 Å². The van der Waals surface area contributed by atoms with Gasteiger partial charge in [0, 0.05) is 18.3 Å². The minimum Gasteiger partial charge on any atom is -0.259 e. The molecule has 0 amide bonds. The zero-order chi connectivity index (χ0) is 13.6. The molecular weight excluding hydrogens is 264 g/mol. The van der Waals surface area contributed by atoms with Gasteiger partial charge in [0.2, 0.25) is 5.03 Å². The highest BCUT2D eigenvalue weighted by Gasteiger charge is 2.39. The molecule has 19 heavy (non-hydrogen) atoms. The normalized spacial score (nSPS) is 25.2. The van der Waals surface area contributed by atoms with Gasteiger partial charge in [0.05, 0.1) is 5.39 Å². The van der Waals surface area contributed by atoms with Crippen molar-refractivity contribution in [3.05, 3.63) is 18.3 Å². The number of aromatic nitrogens is 3. The Morgan fingerprint density at radius 2 is 2.00 bits per heavy atom. The molecule has 2 aromatic heterocycles. The standard InChI is InChI=1S/C12H16N4O2S/c1-8-5-6-9(2)16(8)19(17,18)12-10-4-3-7-13-11(10)14-15-12/h3-4,7-9H,5-6H2,1-2H3,(H,13,14,15). The van der Waals surface area contributed by atoms with E-state index < -0.39 is 10.0 Å². The maximum Gasteiger partial charge on any atom is 0.263 e. The van der Waals surface area contributed by atoms with E-state index in [0.29, 0.717) is 11.0 Å². The van der Waals surface area contributed by atoms with Gasteiger partial charge in [0.15, 0.2) is 5.65 Å². The lowest BCUT2D eigenvalue weighted by molar-refractivity contribution is 0.349. The number of hydrogen-bond donors (Lipinski definition) is 1. The van der Waals surface area contributed by atoms with Gasteiger partial charge in [0.1, 0.15) is 0 Å². The topological polar surface area (TPSA) is 79.0 Å². The van der Waals surface area contributed by atoms with E-state index in [1.807, 2.05) is 13.8 Å². The molecule has 1 aliphatic rings. The number of rotatable bonds is 2. The van der Waals surface area contributed by atoms with Gasteiger partial charge in [-0.1, -0.05) is 0 Å². The van der Waals surface area contributed by atoms with Gasteiger partial charge in [-0.25, -0.2) is 13.4 Å². The van der Waals surface area contributed by atoms with Gasteiger partial charge >= 0.3 is 0 Å². The predicted molar refractivity (Wildman–Crippen MR) is 71.1 cm³/mol. The summed E-state index contributed by atoms with van der Waals surface area (Å²) in [5.74, 6) is 0. The van der Waals surface area contributed by atoms with Gasteiger partial charge in [-0.2, -0.15) is 9.40 Å². The molecule has 0 aliphatic carbocycles. The van der Waals surface area contributed by atoms with Gasteiger partial charge in [-0.3, -0.25) is 5.10 Å². The first-order chi connectivity index (χ1) is 9.01. The molecule has 0 aromatic carbocycles. The molecule has 102 valence electrons. The molecule has 2 unspecified atom stereocenters. The summed E-state index contributed by atoms with van der Waals surface area (Å²) in [5.41, 5.74) is 0.501. The average Bonchev–Trinajstić information content (AvgIpc) is 2.93. The highest BCUT2D eigenvalue weighted by Crippen LogP contribution is 2.31. The van der Waals surface area contributed by atoms with E-state index in [2.05, 4.69) is 15.2 Å². The SMILES string of the molecule is CC1CCC(C)N1S(=O)(=O)c1n[nH]c2ncccc12. The molecule has 2 atom stereocenters. The number of H-pyrrole nitrogens is 1. The quantitative estimate of drug-likeness (QED) is 0.904. The molecule has 2 aromatic rings. The maximum absolute atomic E-state index is 12.7. The summed E-state index contributed by atoms with van der Waals surface area (Å²) < 4.78 is 27.1. The second kappa shape index (κ2) is 4.28. The van der Waals surface area contributed by atoms with Gasteiger partial charge in [0.25, 0.3) is 10.0 Å². The van der Waals surface area contributed by atoms with Crippen molar-refractivity contribution < 1.29 is 8.42 Å². The summed E-state index contributed by atoms with van der Waals surface area (Å²) in [4.78, 5) is 4.08. The van der Waals surface area contributed by atoms with Crippen molar-refractivity contribution in [2.45, 2.75) is 43.8 Å². The first-order valence-corrected chi connectivity index (χ1v) is 7.78. The molecule has 3 rings (SSSR count). The Bertz CT molecular complexity index is 699. The Morgan fingerprint density at radius 3 is 2.68 bits per heavy atom. The Hall–Kier alpha value is -1.47. The molecule has 3 heterocycles. The summed E-state index contributed by atoms with van der Waals surface area (Å²) in [6.07, 6.45) is 3.39. The van der Waals surface area contributed by atoms with Crippen LogP contribution in [0.15, 0.2) is 23.4 Å². The van der Waals surface area contributed by atoms with E-state index in [1.54, 1.807) is 22.6 Å². The highest BCUT2D eigenvalue weighted by molar-refractivity contribution is 7.89. The third kappa shape index (κ3) is 1.84. The van der Waals surface area contributed by atoms with Crippen LogP contribution in [-0.2, 0) is 10.0 Å². The zero-order valence-corrected chi connectivity index (χ0v) is 11.7. The zero-order valence-electron chi connectivity index (χ0n) is 10.9. The number of sulfonamides is 1. The Morgan fingerprint density at radius 1 is 1.32 bits per heavy atom. The molecule has 0 radical (unpaired) electrons. The summed E-state index contributed by atoms with van der Waals surface area (Å²) in [6, 6.07) is 3.48. The lowest BCUT2D eigenvalue weighted by atomic mass is 10.2. The number of nitrogens with one attached hydrogen (secondary N) is 1. The predicted octanol–water partition coefficient (Wildman–Crippen LogP) is 1.52. The molecule has 1 aliphatic heterocycles. The smallest absolute Gasteiger partial charge is 0.259 e. The van der Waals surface area contributed by atoms with Crippen LogP contribution in [0.5, 0.6) is 0 Å². The number of nitrogens with zero attached hydrogens (tertiary/aromatic N) is 3. The van der Waals surface area contributed by atoms with E-state index in [-0.39, 0.29) is 17.1 Å². The number of aromatic amines is 1. The summed E-state index contributed by atoms with van der Waals surface area (Å²) in [5, 5.41) is 7.27. The molecule has 7 heteroatoms. The lowest BCUT2D eigenvalue weighted by Crippen LogP contribution is -2.38. The molecule has 0 bridgehead atoms. The van der Waals surface area contributed by atoms with Crippen molar-refractivity contribution in [2.75, 3.05) is 0 Å². The van der Waals surface area contributed by atoms with E-state index >= 15 is 0 Å². The van der Waals surface area contributed by atoms with Crippen LogP contribution in [0.4, 0.5) is 0 Å². The number of hydrogen-bond acceptors (Lipinski definition) is 4. The molecule has 0 saturated carbocycles. The largest absolute Gasteiger partial charge is 0.263 e. The maximum atomic E-state index is 12.7. The van der Waals surface area contributed by atoms with Crippen molar-refractivity contribution in [3.8, 4) is 0 Å². The Balaban J connectivity index is 2.15. The van der Waals surface area contributed by atoms with Gasteiger partial charge in [-0.05, 0) is 38.8 Å². The molecular formula is C12H16N4O2S.